The number of halogens is 1. The summed E-state index contributed by atoms with van der Waals surface area (Å²) >= 11 is 4.83. The molecule has 0 saturated heterocycles. The van der Waals surface area contributed by atoms with E-state index in [4.69, 9.17) is 17.3 Å². The number of carbonyl (C=O) groups is 3. The van der Waals surface area contributed by atoms with Crippen molar-refractivity contribution in [3.8, 4) is 0 Å². The number of carboxylic acids is 1. The highest BCUT2D eigenvalue weighted by atomic mass is 32.1. The zero-order valence-corrected chi connectivity index (χ0v) is 23.1. The van der Waals surface area contributed by atoms with Gasteiger partial charge in [-0.3, -0.25) is 23.9 Å². The standard InChI is InChI=1S/C28H28FN5O5S/c1-15-8-11-21(20(29)12-15)31-24-22(27(37)32(3)18-9-10-18)23(16(2)26(36)33(24)4)34(14-35)19-7-5-6-17(13-19)30-25(40)28(38)39/h5-8,11-14,18,31H,9-10H2,1-4H3,(H,30,40)(H,38,39). The molecule has 1 aliphatic rings. The van der Waals surface area contributed by atoms with Gasteiger partial charge in [-0.15, -0.1) is 0 Å². The summed E-state index contributed by atoms with van der Waals surface area (Å²) < 4.78 is 16.1. The zero-order chi connectivity index (χ0) is 29.3. The van der Waals surface area contributed by atoms with E-state index in [-0.39, 0.29) is 45.7 Å². The minimum Gasteiger partial charge on any atom is -0.476 e. The Morgan fingerprint density at radius 3 is 2.48 bits per heavy atom. The van der Waals surface area contributed by atoms with Gasteiger partial charge in [0.05, 0.1) is 17.1 Å². The molecule has 10 nitrogen and oxygen atoms in total. The van der Waals surface area contributed by atoms with Crippen molar-refractivity contribution in [1.29, 1.82) is 0 Å². The Bertz CT molecular complexity index is 1600. The van der Waals surface area contributed by atoms with Crippen LogP contribution in [0.15, 0.2) is 47.3 Å². The number of rotatable bonds is 8. The van der Waals surface area contributed by atoms with Crippen LogP contribution < -0.4 is 21.1 Å². The molecule has 0 radical (unpaired) electrons. The summed E-state index contributed by atoms with van der Waals surface area (Å²) in [5, 5.41) is 14.6. The lowest BCUT2D eigenvalue weighted by atomic mass is 10.1. The molecule has 12 heteroatoms. The Labute approximate surface area is 235 Å². The molecule has 1 heterocycles. The Hall–Kier alpha value is -4.58. The number of hydrogen-bond acceptors (Lipinski definition) is 6. The van der Waals surface area contributed by atoms with Gasteiger partial charge in [0.2, 0.25) is 6.41 Å². The highest BCUT2D eigenvalue weighted by molar-refractivity contribution is 7.82. The van der Waals surface area contributed by atoms with E-state index in [0.29, 0.717) is 12.0 Å². The molecule has 1 aromatic heterocycles. The highest BCUT2D eigenvalue weighted by Gasteiger charge is 2.35. The number of carboxylic acid groups (broad SMARTS) is 1. The minimum absolute atomic E-state index is 0.000457. The normalized spacial score (nSPS) is 12.4. The quantitative estimate of drug-likeness (QED) is 0.274. The van der Waals surface area contributed by atoms with Gasteiger partial charge in [0, 0.05) is 31.4 Å². The summed E-state index contributed by atoms with van der Waals surface area (Å²) in [6.07, 6.45) is 2.08. The number of carbonyl (C=O) groups excluding carboxylic acids is 2. The van der Waals surface area contributed by atoms with Crippen LogP contribution >= 0.6 is 12.2 Å². The van der Waals surface area contributed by atoms with E-state index in [0.717, 1.165) is 17.7 Å². The molecule has 0 unspecified atom stereocenters. The second-order valence-corrected chi connectivity index (χ2v) is 10.0. The first-order chi connectivity index (χ1) is 18.9. The molecule has 208 valence electrons. The number of nitrogens with one attached hydrogen (secondary N) is 2. The third-order valence-electron chi connectivity index (χ3n) is 6.72. The van der Waals surface area contributed by atoms with Crippen LogP contribution in [-0.4, -0.2) is 50.9 Å². The van der Waals surface area contributed by atoms with Crippen LogP contribution in [0.3, 0.4) is 0 Å². The van der Waals surface area contributed by atoms with Crippen molar-refractivity contribution in [2.45, 2.75) is 32.7 Å². The molecule has 0 aliphatic heterocycles. The summed E-state index contributed by atoms with van der Waals surface area (Å²) in [4.78, 5) is 53.5. The monoisotopic (exact) mass is 565 g/mol. The lowest BCUT2D eigenvalue weighted by Crippen LogP contribution is -2.35. The molecular formula is C28H28FN5O5S. The predicted octanol–water partition coefficient (Wildman–Crippen LogP) is 4.24. The molecule has 2 aromatic carbocycles. The number of aliphatic carboxylic acids is 1. The average molecular weight is 566 g/mol. The van der Waals surface area contributed by atoms with E-state index in [1.165, 1.54) is 36.7 Å². The van der Waals surface area contributed by atoms with Gasteiger partial charge in [0.1, 0.15) is 17.2 Å². The first kappa shape index (κ1) is 28.4. The summed E-state index contributed by atoms with van der Waals surface area (Å²) in [5.74, 6) is -2.35. The molecular weight excluding hydrogens is 537 g/mol. The Kier molecular flexibility index (Phi) is 8.01. The third kappa shape index (κ3) is 5.57. The summed E-state index contributed by atoms with van der Waals surface area (Å²) in [7, 11) is 3.10. The van der Waals surface area contributed by atoms with E-state index in [2.05, 4.69) is 10.6 Å². The molecule has 4 rings (SSSR count). The van der Waals surface area contributed by atoms with Crippen molar-refractivity contribution in [1.82, 2.24) is 9.47 Å². The lowest BCUT2D eigenvalue weighted by Gasteiger charge is -2.28. The van der Waals surface area contributed by atoms with Crippen molar-refractivity contribution in [3.63, 3.8) is 0 Å². The maximum absolute atomic E-state index is 14.9. The Morgan fingerprint density at radius 1 is 1.18 bits per heavy atom. The van der Waals surface area contributed by atoms with Crippen LogP contribution in [-0.2, 0) is 16.6 Å². The van der Waals surface area contributed by atoms with E-state index in [1.54, 1.807) is 43.1 Å². The van der Waals surface area contributed by atoms with Gasteiger partial charge >= 0.3 is 5.97 Å². The molecule has 1 aliphatic carbocycles. The maximum Gasteiger partial charge on any atom is 0.363 e. The van der Waals surface area contributed by atoms with Crippen molar-refractivity contribution in [3.05, 3.63) is 75.3 Å². The van der Waals surface area contributed by atoms with Gasteiger partial charge in [-0.2, -0.15) is 0 Å². The fourth-order valence-corrected chi connectivity index (χ4v) is 4.50. The lowest BCUT2D eigenvalue weighted by molar-refractivity contribution is -0.129. The van der Waals surface area contributed by atoms with Crippen molar-refractivity contribution >= 4 is 64.1 Å². The third-order valence-corrected chi connectivity index (χ3v) is 7.00. The van der Waals surface area contributed by atoms with Crippen LogP contribution in [0.5, 0.6) is 0 Å². The molecule has 2 amide bonds. The Morgan fingerprint density at radius 2 is 1.88 bits per heavy atom. The number of benzene rings is 2. The first-order valence-electron chi connectivity index (χ1n) is 12.4. The van der Waals surface area contributed by atoms with Gasteiger partial charge in [-0.05, 0) is 62.6 Å². The van der Waals surface area contributed by atoms with Crippen LogP contribution in [0.2, 0.25) is 0 Å². The molecule has 1 saturated carbocycles. The first-order valence-corrected chi connectivity index (χ1v) is 12.8. The minimum atomic E-state index is -1.33. The fourth-order valence-electron chi connectivity index (χ4n) is 4.39. The smallest absolute Gasteiger partial charge is 0.363 e. The number of aryl methyl sites for hydroxylation is 1. The number of anilines is 5. The number of aromatic nitrogens is 1. The van der Waals surface area contributed by atoms with Crippen molar-refractivity contribution in [2.24, 2.45) is 7.05 Å². The molecule has 3 N–H and O–H groups in total. The van der Waals surface area contributed by atoms with Gasteiger partial charge in [-0.25, -0.2) is 9.18 Å². The largest absolute Gasteiger partial charge is 0.476 e. The van der Waals surface area contributed by atoms with Gasteiger partial charge in [-0.1, -0.05) is 24.4 Å². The van der Waals surface area contributed by atoms with Crippen LogP contribution in [0.4, 0.5) is 33.0 Å². The zero-order valence-electron chi connectivity index (χ0n) is 22.3. The topological polar surface area (TPSA) is 124 Å². The average Bonchev–Trinajstić information content (AvgIpc) is 3.76. The van der Waals surface area contributed by atoms with Crippen LogP contribution in [0.1, 0.15) is 34.3 Å². The molecule has 0 bridgehead atoms. The van der Waals surface area contributed by atoms with Gasteiger partial charge in [0.25, 0.3) is 11.5 Å². The van der Waals surface area contributed by atoms with E-state index >= 15 is 0 Å². The van der Waals surface area contributed by atoms with Crippen molar-refractivity contribution < 1.29 is 23.9 Å². The second kappa shape index (κ2) is 11.3. The summed E-state index contributed by atoms with van der Waals surface area (Å²) in [6.45, 7) is 3.24. The number of nitrogens with zero attached hydrogens (tertiary/aromatic N) is 3. The maximum atomic E-state index is 14.9. The van der Waals surface area contributed by atoms with E-state index in [1.807, 2.05) is 0 Å². The van der Waals surface area contributed by atoms with Crippen LogP contribution in [0.25, 0.3) is 0 Å². The summed E-state index contributed by atoms with van der Waals surface area (Å²) in [6, 6.07) is 10.7. The van der Waals surface area contributed by atoms with Gasteiger partial charge < -0.3 is 20.6 Å². The Balaban J connectivity index is 1.95. The number of hydrogen-bond donors (Lipinski definition) is 3. The van der Waals surface area contributed by atoms with Crippen LogP contribution in [0, 0.1) is 19.7 Å². The number of pyridine rings is 1. The highest BCUT2D eigenvalue weighted by Crippen LogP contribution is 2.38. The van der Waals surface area contributed by atoms with Crippen molar-refractivity contribution in [2.75, 3.05) is 22.6 Å². The number of thiocarbonyl (C=S) groups is 1. The second-order valence-electron chi connectivity index (χ2n) is 9.60. The molecule has 0 spiro atoms. The number of amides is 2. The predicted molar refractivity (Wildman–Crippen MR) is 154 cm³/mol. The molecule has 3 aromatic rings. The SMILES string of the molecule is Cc1ccc(Nc2c(C(=O)N(C)C3CC3)c(N(C=O)c3cccc(NC(=S)C(=O)O)c3)c(C)c(=O)n2C)c(F)c1. The molecule has 40 heavy (non-hydrogen) atoms. The molecule has 0 atom stereocenters. The van der Waals surface area contributed by atoms with E-state index < -0.39 is 28.2 Å². The fraction of sp³-hybridized carbons (Fsp3) is 0.250. The molecule has 1 fully saturated rings. The van der Waals surface area contributed by atoms with E-state index in [9.17, 15) is 23.6 Å². The van der Waals surface area contributed by atoms with Gasteiger partial charge in [0.15, 0.2) is 4.99 Å². The summed E-state index contributed by atoms with van der Waals surface area (Å²) in [5.41, 5.74) is 0.865.